The topological polar surface area (TPSA) is 83.1 Å². The lowest BCUT2D eigenvalue weighted by atomic mass is 9.82. The van der Waals surface area contributed by atoms with Gasteiger partial charge >= 0.3 is 0 Å². The summed E-state index contributed by atoms with van der Waals surface area (Å²) in [5, 5.41) is 6.83. The summed E-state index contributed by atoms with van der Waals surface area (Å²) in [6.07, 6.45) is 4.93. The first-order valence-corrected chi connectivity index (χ1v) is 16.8. The third kappa shape index (κ3) is 7.23. The summed E-state index contributed by atoms with van der Waals surface area (Å²) in [4.78, 5) is 31.6. The van der Waals surface area contributed by atoms with Crippen LogP contribution in [0.1, 0.15) is 75.7 Å². The highest BCUT2D eigenvalue weighted by molar-refractivity contribution is 5.99. The van der Waals surface area contributed by atoms with E-state index >= 15 is 0 Å². The molecule has 0 aliphatic carbocycles. The molecule has 0 radical (unpaired) electrons. The second-order valence-corrected chi connectivity index (χ2v) is 12.9. The van der Waals surface area contributed by atoms with E-state index in [1.54, 1.807) is 0 Å². The van der Waals surface area contributed by atoms with Crippen molar-refractivity contribution in [3.63, 3.8) is 0 Å². The van der Waals surface area contributed by atoms with Gasteiger partial charge in [-0.25, -0.2) is 0 Å². The Bertz CT molecular complexity index is 1270. The average Bonchev–Trinajstić information content (AvgIpc) is 3.03. The standard InChI is InChI=1S/C36H52N4O4/c1-6-39-25(4)20-24(3)33(36(39)42)23-37-35(41)32-21-28(22-34(26(32)5)40(7-2)31-14-18-44-19-15-31)27-8-10-29(11-9-27)38-30-12-16-43-17-13-30/h8-11,21-22,24-25,30-31,33,38H,6-7,12-20,23H2,1-5H3,(H,37,41). The average molecular weight is 605 g/mol. The third-order valence-corrected chi connectivity index (χ3v) is 10.1. The highest BCUT2D eigenvalue weighted by Gasteiger charge is 2.37. The van der Waals surface area contributed by atoms with Crippen molar-refractivity contribution in [3.05, 3.63) is 47.5 Å². The third-order valence-electron chi connectivity index (χ3n) is 10.1. The number of piperidine rings is 1. The van der Waals surface area contributed by atoms with Crippen LogP contribution < -0.4 is 15.5 Å². The van der Waals surface area contributed by atoms with Crippen molar-refractivity contribution in [3.8, 4) is 11.1 Å². The van der Waals surface area contributed by atoms with E-state index in [1.165, 1.54) is 0 Å². The van der Waals surface area contributed by atoms with Gasteiger partial charge in [0, 0.05) is 81.1 Å². The molecule has 3 heterocycles. The van der Waals surface area contributed by atoms with E-state index in [0.717, 1.165) is 93.1 Å². The number of carbonyl (C=O) groups excluding carboxylic acids is 2. The van der Waals surface area contributed by atoms with Crippen LogP contribution in [0, 0.1) is 18.8 Å². The zero-order chi connectivity index (χ0) is 31.2. The molecule has 3 unspecified atom stereocenters. The molecule has 2 amide bonds. The summed E-state index contributed by atoms with van der Waals surface area (Å²) in [5.74, 6) is 0.0496. The maximum atomic E-state index is 13.9. The first kappa shape index (κ1) is 32.3. The monoisotopic (exact) mass is 604 g/mol. The predicted octanol–water partition coefficient (Wildman–Crippen LogP) is 5.88. The zero-order valence-electron chi connectivity index (χ0n) is 27.4. The minimum atomic E-state index is -0.205. The fourth-order valence-corrected chi connectivity index (χ4v) is 7.42. The van der Waals surface area contributed by atoms with Gasteiger partial charge in [0.2, 0.25) is 5.91 Å². The number of nitrogens with one attached hydrogen (secondary N) is 2. The number of nitrogens with zero attached hydrogens (tertiary/aromatic N) is 2. The summed E-state index contributed by atoms with van der Waals surface area (Å²) < 4.78 is 11.2. The molecule has 2 aromatic carbocycles. The van der Waals surface area contributed by atoms with Crippen molar-refractivity contribution in [2.24, 2.45) is 11.8 Å². The van der Waals surface area contributed by atoms with Crippen LogP contribution in [0.15, 0.2) is 36.4 Å². The maximum absolute atomic E-state index is 13.9. The highest BCUT2D eigenvalue weighted by Crippen LogP contribution is 2.35. The van der Waals surface area contributed by atoms with Crippen molar-refractivity contribution < 1.29 is 19.1 Å². The van der Waals surface area contributed by atoms with E-state index < -0.39 is 0 Å². The molecule has 2 N–H and O–H groups in total. The Morgan fingerprint density at radius 3 is 2.25 bits per heavy atom. The van der Waals surface area contributed by atoms with Gasteiger partial charge < -0.3 is 29.9 Å². The number of anilines is 2. The number of benzene rings is 2. The molecule has 44 heavy (non-hydrogen) atoms. The molecule has 0 bridgehead atoms. The molecule has 3 aliphatic heterocycles. The summed E-state index contributed by atoms with van der Waals surface area (Å²) in [5.41, 5.74) is 5.94. The van der Waals surface area contributed by atoms with Crippen molar-refractivity contribution in [1.29, 1.82) is 0 Å². The Kier molecular flexibility index (Phi) is 10.9. The summed E-state index contributed by atoms with van der Waals surface area (Å²) in [7, 11) is 0. The van der Waals surface area contributed by atoms with Gasteiger partial charge in [-0.2, -0.15) is 0 Å². The number of carbonyl (C=O) groups is 2. The Morgan fingerprint density at radius 2 is 1.61 bits per heavy atom. The second-order valence-electron chi connectivity index (χ2n) is 12.9. The number of ether oxygens (including phenoxy) is 2. The first-order valence-electron chi connectivity index (χ1n) is 16.8. The number of hydrogen-bond donors (Lipinski definition) is 2. The molecule has 3 aliphatic rings. The smallest absolute Gasteiger partial charge is 0.251 e. The normalized spacial score (nSPS) is 23.4. The zero-order valence-corrected chi connectivity index (χ0v) is 27.4. The first-order chi connectivity index (χ1) is 21.3. The summed E-state index contributed by atoms with van der Waals surface area (Å²) >= 11 is 0. The molecule has 5 rings (SSSR count). The lowest BCUT2D eigenvalue weighted by Gasteiger charge is -2.40. The molecule has 3 fully saturated rings. The lowest BCUT2D eigenvalue weighted by Crippen LogP contribution is -2.52. The quantitative estimate of drug-likeness (QED) is 0.353. The Labute approximate surface area is 263 Å². The fraction of sp³-hybridized carbons (Fsp3) is 0.611. The molecule has 8 nitrogen and oxygen atoms in total. The number of likely N-dealkylation sites (tertiary alicyclic amines) is 1. The molecule has 240 valence electrons. The minimum absolute atomic E-state index is 0.117. The van der Waals surface area contributed by atoms with Crippen molar-refractivity contribution in [2.45, 2.75) is 84.8 Å². The van der Waals surface area contributed by atoms with Crippen molar-refractivity contribution in [2.75, 3.05) is 56.3 Å². The van der Waals surface area contributed by atoms with Crippen LogP contribution in [-0.2, 0) is 14.3 Å². The lowest BCUT2D eigenvalue weighted by molar-refractivity contribution is -0.143. The molecule has 8 heteroatoms. The van der Waals surface area contributed by atoms with Gasteiger partial charge in [-0.3, -0.25) is 9.59 Å². The van der Waals surface area contributed by atoms with E-state index in [9.17, 15) is 9.59 Å². The summed E-state index contributed by atoms with van der Waals surface area (Å²) in [6, 6.07) is 13.9. The van der Waals surface area contributed by atoms with Crippen LogP contribution in [0.4, 0.5) is 11.4 Å². The van der Waals surface area contributed by atoms with Crippen LogP contribution in [0.5, 0.6) is 0 Å². The van der Waals surface area contributed by atoms with E-state index in [-0.39, 0.29) is 29.7 Å². The van der Waals surface area contributed by atoms with E-state index in [1.807, 2.05) is 17.9 Å². The second kappa shape index (κ2) is 14.8. The van der Waals surface area contributed by atoms with Gasteiger partial charge in [0.1, 0.15) is 0 Å². The molecular weight excluding hydrogens is 552 g/mol. The summed E-state index contributed by atoms with van der Waals surface area (Å²) in [6.45, 7) is 15.6. The Morgan fingerprint density at radius 1 is 0.955 bits per heavy atom. The number of rotatable bonds is 10. The van der Waals surface area contributed by atoms with E-state index in [4.69, 9.17) is 9.47 Å². The van der Waals surface area contributed by atoms with E-state index in [0.29, 0.717) is 30.7 Å². The van der Waals surface area contributed by atoms with Gasteiger partial charge in [-0.05, 0) is 107 Å². The Hall–Kier alpha value is -3.10. The largest absolute Gasteiger partial charge is 0.382 e. The highest BCUT2D eigenvalue weighted by atomic mass is 16.5. The van der Waals surface area contributed by atoms with Crippen LogP contribution in [-0.4, -0.2) is 80.9 Å². The Balaban J connectivity index is 1.42. The SMILES string of the molecule is CCN1C(=O)C(CNC(=O)c2cc(-c3ccc(NC4CCOCC4)cc3)cc(N(CC)C3CCOCC3)c2C)C(C)CC1C. The predicted molar refractivity (Wildman–Crippen MR) is 177 cm³/mol. The van der Waals surface area contributed by atoms with Gasteiger partial charge in [-0.15, -0.1) is 0 Å². The number of amides is 2. The van der Waals surface area contributed by atoms with Crippen LogP contribution in [0.3, 0.4) is 0 Å². The minimum Gasteiger partial charge on any atom is -0.382 e. The van der Waals surface area contributed by atoms with Crippen LogP contribution in [0.2, 0.25) is 0 Å². The molecule has 0 aromatic heterocycles. The number of hydrogen-bond acceptors (Lipinski definition) is 6. The van der Waals surface area contributed by atoms with Gasteiger partial charge in [0.15, 0.2) is 0 Å². The molecule has 3 saturated heterocycles. The van der Waals surface area contributed by atoms with Gasteiger partial charge in [-0.1, -0.05) is 19.1 Å². The van der Waals surface area contributed by atoms with Crippen LogP contribution in [0.25, 0.3) is 11.1 Å². The molecule has 0 saturated carbocycles. The molecule has 3 atom stereocenters. The maximum Gasteiger partial charge on any atom is 0.251 e. The van der Waals surface area contributed by atoms with Gasteiger partial charge in [0.05, 0.1) is 5.92 Å². The van der Waals surface area contributed by atoms with Crippen molar-refractivity contribution in [1.82, 2.24) is 10.2 Å². The van der Waals surface area contributed by atoms with E-state index in [2.05, 4.69) is 73.6 Å². The molecule has 0 spiro atoms. The fourth-order valence-electron chi connectivity index (χ4n) is 7.42. The molecule has 2 aromatic rings. The molecular formula is C36H52N4O4. The van der Waals surface area contributed by atoms with Gasteiger partial charge in [0.25, 0.3) is 5.91 Å². The van der Waals surface area contributed by atoms with Crippen molar-refractivity contribution >= 4 is 23.2 Å². The van der Waals surface area contributed by atoms with Crippen LogP contribution >= 0.6 is 0 Å².